The first-order valence-electron chi connectivity index (χ1n) is 9.43. The number of carboxylic acid groups (broad SMARTS) is 1. The fourth-order valence-corrected chi connectivity index (χ4v) is 4.13. The maximum Gasteiger partial charge on any atom is 0.317 e. The SMILES string of the molecule is O=C(O)CN1CCC2(C1)CN(Cc1ccc(-c3ccccn3)cc1)CCO2. The van der Waals surface area contributed by atoms with Crippen LogP contribution in [-0.4, -0.2) is 70.8 Å². The van der Waals surface area contributed by atoms with E-state index in [-0.39, 0.29) is 12.1 Å². The number of hydrogen-bond donors (Lipinski definition) is 1. The number of carbonyl (C=O) groups is 1. The first-order chi connectivity index (χ1) is 13.1. The number of carboxylic acids is 1. The Hall–Kier alpha value is -2.28. The lowest BCUT2D eigenvalue weighted by Gasteiger charge is -2.40. The molecular weight excluding hydrogens is 342 g/mol. The van der Waals surface area contributed by atoms with E-state index >= 15 is 0 Å². The van der Waals surface area contributed by atoms with Crippen LogP contribution < -0.4 is 0 Å². The van der Waals surface area contributed by atoms with Crippen LogP contribution in [0.15, 0.2) is 48.7 Å². The Bertz CT molecular complexity index is 781. The Morgan fingerprint density at radius 2 is 1.93 bits per heavy atom. The van der Waals surface area contributed by atoms with Crippen LogP contribution in [0.4, 0.5) is 0 Å². The van der Waals surface area contributed by atoms with Gasteiger partial charge in [0.25, 0.3) is 0 Å². The van der Waals surface area contributed by atoms with Crippen LogP contribution in [0.2, 0.25) is 0 Å². The third-order valence-electron chi connectivity index (χ3n) is 5.40. The fourth-order valence-electron chi connectivity index (χ4n) is 4.13. The molecule has 2 aliphatic heterocycles. The van der Waals surface area contributed by atoms with Gasteiger partial charge < -0.3 is 9.84 Å². The molecule has 3 heterocycles. The second-order valence-corrected chi connectivity index (χ2v) is 7.51. The van der Waals surface area contributed by atoms with Crippen LogP contribution in [0.1, 0.15) is 12.0 Å². The molecule has 1 aromatic carbocycles. The molecule has 1 unspecified atom stereocenters. The van der Waals surface area contributed by atoms with Crippen LogP contribution in [0, 0.1) is 0 Å². The zero-order valence-corrected chi connectivity index (χ0v) is 15.4. The number of aliphatic carboxylic acids is 1. The van der Waals surface area contributed by atoms with E-state index in [1.165, 1.54) is 5.56 Å². The predicted molar refractivity (Wildman–Crippen MR) is 102 cm³/mol. The molecule has 2 saturated heterocycles. The van der Waals surface area contributed by atoms with E-state index < -0.39 is 5.97 Å². The molecule has 0 aliphatic carbocycles. The number of rotatable bonds is 5. The summed E-state index contributed by atoms with van der Waals surface area (Å²) in [6.45, 7) is 4.93. The molecule has 0 saturated carbocycles. The minimum Gasteiger partial charge on any atom is -0.480 e. The molecule has 0 amide bonds. The molecule has 1 N–H and O–H groups in total. The standard InChI is InChI=1S/C21H25N3O3/c25-20(26)14-23-10-8-21(15-23)16-24(11-12-27-21)13-17-4-6-18(7-5-17)19-3-1-2-9-22-19/h1-7,9H,8,10-16H2,(H,25,26). The van der Waals surface area contributed by atoms with Crippen molar-refractivity contribution in [2.24, 2.45) is 0 Å². The van der Waals surface area contributed by atoms with E-state index in [0.717, 1.165) is 43.9 Å². The largest absolute Gasteiger partial charge is 0.480 e. The number of aromatic nitrogens is 1. The molecule has 1 aromatic heterocycles. The highest BCUT2D eigenvalue weighted by atomic mass is 16.5. The van der Waals surface area contributed by atoms with Gasteiger partial charge in [-0.2, -0.15) is 0 Å². The lowest BCUT2D eigenvalue weighted by Crippen LogP contribution is -2.53. The number of ether oxygens (including phenoxy) is 1. The van der Waals surface area contributed by atoms with Gasteiger partial charge in [-0.05, 0) is 24.1 Å². The molecule has 142 valence electrons. The van der Waals surface area contributed by atoms with Gasteiger partial charge in [0.2, 0.25) is 0 Å². The lowest BCUT2D eigenvalue weighted by atomic mass is 10.00. The van der Waals surface area contributed by atoms with Gasteiger partial charge in [0, 0.05) is 44.5 Å². The van der Waals surface area contributed by atoms with E-state index in [0.29, 0.717) is 13.2 Å². The van der Waals surface area contributed by atoms with E-state index in [1.807, 2.05) is 29.3 Å². The van der Waals surface area contributed by atoms with E-state index in [2.05, 4.69) is 34.1 Å². The first kappa shape index (κ1) is 18.1. The molecule has 1 spiro atoms. The number of likely N-dealkylation sites (tertiary alicyclic amines) is 1. The third kappa shape index (κ3) is 4.35. The van der Waals surface area contributed by atoms with Gasteiger partial charge >= 0.3 is 5.97 Å². The number of nitrogens with zero attached hydrogens (tertiary/aromatic N) is 3. The Morgan fingerprint density at radius 1 is 1.11 bits per heavy atom. The van der Waals surface area contributed by atoms with Gasteiger partial charge in [0.15, 0.2) is 0 Å². The summed E-state index contributed by atoms with van der Waals surface area (Å²) >= 11 is 0. The number of benzene rings is 1. The van der Waals surface area contributed by atoms with Crippen molar-refractivity contribution in [1.29, 1.82) is 0 Å². The van der Waals surface area contributed by atoms with Gasteiger partial charge in [0.1, 0.15) is 0 Å². The number of pyridine rings is 1. The van der Waals surface area contributed by atoms with Crippen molar-refractivity contribution in [3.05, 3.63) is 54.2 Å². The summed E-state index contributed by atoms with van der Waals surface area (Å²) in [4.78, 5) is 19.8. The zero-order chi connectivity index (χ0) is 18.7. The average Bonchev–Trinajstić information content (AvgIpc) is 3.04. The van der Waals surface area contributed by atoms with Crippen LogP contribution >= 0.6 is 0 Å². The van der Waals surface area contributed by atoms with Crippen molar-refractivity contribution in [1.82, 2.24) is 14.8 Å². The molecule has 4 rings (SSSR count). The monoisotopic (exact) mass is 367 g/mol. The van der Waals surface area contributed by atoms with Crippen LogP contribution in [-0.2, 0) is 16.1 Å². The van der Waals surface area contributed by atoms with Gasteiger partial charge in [-0.1, -0.05) is 30.3 Å². The highest BCUT2D eigenvalue weighted by molar-refractivity contribution is 5.69. The first-order valence-corrected chi connectivity index (χ1v) is 9.43. The third-order valence-corrected chi connectivity index (χ3v) is 5.40. The second kappa shape index (κ2) is 7.76. The Morgan fingerprint density at radius 3 is 2.67 bits per heavy atom. The summed E-state index contributed by atoms with van der Waals surface area (Å²) in [7, 11) is 0. The smallest absolute Gasteiger partial charge is 0.317 e. The normalized spacial score (nSPS) is 23.7. The molecule has 27 heavy (non-hydrogen) atoms. The van der Waals surface area contributed by atoms with Crippen molar-refractivity contribution in [2.75, 3.05) is 39.3 Å². The summed E-state index contributed by atoms with van der Waals surface area (Å²) in [6.07, 6.45) is 2.71. The second-order valence-electron chi connectivity index (χ2n) is 7.51. The minimum atomic E-state index is -0.771. The highest BCUT2D eigenvalue weighted by Crippen LogP contribution is 2.30. The maximum atomic E-state index is 11.0. The van der Waals surface area contributed by atoms with Crippen molar-refractivity contribution in [2.45, 2.75) is 18.6 Å². The van der Waals surface area contributed by atoms with Crippen molar-refractivity contribution in [3.8, 4) is 11.3 Å². The molecule has 2 aliphatic rings. The van der Waals surface area contributed by atoms with Crippen LogP contribution in [0.25, 0.3) is 11.3 Å². The molecule has 2 aromatic rings. The molecule has 1 atom stereocenters. The Labute approximate surface area is 159 Å². The Kier molecular flexibility index (Phi) is 5.20. The molecule has 6 heteroatoms. The fraction of sp³-hybridized carbons (Fsp3) is 0.429. The highest BCUT2D eigenvalue weighted by Gasteiger charge is 2.42. The topological polar surface area (TPSA) is 65.9 Å². The summed E-state index contributed by atoms with van der Waals surface area (Å²) in [5, 5.41) is 9.01. The van der Waals surface area contributed by atoms with Crippen molar-refractivity contribution >= 4 is 5.97 Å². The molecule has 2 fully saturated rings. The van der Waals surface area contributed by atoms with Gasteiger partial charge in [-0.25, -0.2) is 0 Å². The van der Waals surface area contributed by atoms with E-state index in [1.54, 1.807) is 0 Å². The van der Waals surface area contributed by atoms with Gasteiger partial charge in [-0.3, -0.25) is 19.6 Å². The molecule has 0 radical (unpaired) electrons. The number of hydrogen-bond acceptors (Lipinski definition) is 5. The van der Waals surface area contributed by atoms with Crippen molar-refractivity contribution < 1.29 is 14.6 Å². The predicted octanol–water partition coefficient (Wildman–Crippen LogP) is 2.11. The Balaban J connectivity index is 1.38. The quantitative estimate of drug-likeness (QED) is 0.873. The van der Waals surface area contributed by atoms with Crippen LogP contribution in [0.3, 0.4) is 0 Å². The van der Waals surface area contributed by atoms with E-state index in [9.17, 15) is 4.79 Å². The summed E-state index contributed by atoms with van der Waals surface area (Å²) in [6, 6.07) is 14.5. The van der Waals surface area contributed by atoms with Gasteiger partial charge in [-0.15, -0.1) is 0 Å². The van der Waals surface area contributed by atoms with Gasteiger partial charge in [0.05, 0.1) is 24.4 Å². The molecule has 0 bridgehead atoms. The average molecular weight is 367 g/mol. The summed E-state index contributed by atoms with van der Waals surface area (Å²) < 4.78 is 6.10. The van der Waals surface area contributed by atoms with Crippen molar-refractivity contribution in [3.63, 3.8) is 0 Å². The molecular formula is C21H25N3O3. The zero-order valence-electron chi connectivity index (χ0n) is 15.4. The van der Waals surface area contributed by atoms with E-state index in [4.69, 9.17) is 9.84 Å². The maximum absolute atomic E-state index is 11.0. The summed E-state index contributed by atoms with van der Waals surface area (Å²) in [5.74, 6) is -0.771. The lowest BCUT2D eigenvalue weighted by molar-refractivity contribution is -0.138. The minimum absolute atomic E-state index is 0.0973. The number of morpholine rings is 1. The molecule has 6 nitrogen and oxygen atoms in total. The van der Waals surface area contributed by atoms with Crippen LogP contribution in [0.5, 0.6) is 0 Å². The summed E-state index contributed by atoms with van der Waals surface area (Å²) in [5.41, 5.74) is 3.16.